The van der Waals surface area contributed by atoms with Gasteiger partial charge in [-0.15, -0.1) is 0 Å². The Kier molecular flexibility index (Phi) is 2.70. The maximum absolute atomic E-state index is 11.5. The summed E-state index contributed by atoms with van der Waals surface area (Å²) in [5, 5.41) is 2.90. The smallest absolute Gasteiger partial charge is 0.223 e. The maximum atomic E-state index is 11.5. The number of rotatable bonds is 2. The van der Waals surface area contributed by atoms with Crippen LogP contribution in [-0.2, 0) is 14.0 Å². The number of amides is 1. The van der Waals surface area contributed by atoms with Crippen LogP contribution in [0.15, 0.2) is 0 Å². The van der Waals surface area contributed by atoms with E-state index >= 15 is 0 Å². The fourth-order valence-electron chi connectivity index (χ4n) is 2.57. The highest BCUT2D eigenvalue weighted by atomic mass is 28.4. The summed E-state index contributed by atoms with van der Waals surface area (Å²) in [5.41, 5.74) is -0.368. The number of hydrogen-bond acceptors (Lipinski definition) is 3. The van der Waals surface area contributed by atoms with Crippen LogP contribution in [0.4, 0.5) is 0 Å². The van der Waals surface area contributed by atoms with Gasteiger partial charge in [0, 0.05) is 12.8 Å². The zero-order valence-electron chi connectivity index (χ0n) is 10.1. The van der Waals surface area contributed by atoms with Crippen LogP contribution >= 0.6 is 0 Å². The summed E-state index contributed by atoms with van der Waals surface area (Å²) in [6.45, 7) is 6.41. The first-order chi connectivity index (χ1) is 7.31. The summed E-state index contributed by atoms with van der Waals surface area (Å²) in [4.78, 5) is 22.6. The molecule has 1 aliphatic heterocycles. The molecule has 1 saturated heterocycles. The molecule has 2 fully saturated rings. The van der Waals surface area contributed by atoms with E-state index in [1.807, 2.05) is 0 Å². The number of hydrogen-bond donors (Lipinski definition) is 1. The van der Waals surface area contributed by atoms with Crippen molar-refractivity contribution in [3.63, 3.8) is 0 Å². The minimum atomic E-state index is -1.62. The molecular weight excluding hydrogens is 222 g/mol. The van der Waals surface area contributed by atoms with E-state index in [1.165, 1.54) is 0 Å². The molecule has 1 heterocycles. The maximum Gasteiger partial charge on any atom is 0.223 e. The predicted molar refractivity (Wildman–Crippen MR) is 62.6 cm³/mol. The van der Waals surface area contributed by atoms with Crippen molar-refractivity contribution in [2.45, 2.75) is 57.0 Å². The Morgan fingerprint density at radius 3 is 2.44 bits per heavy atom. The molecule has 0 radical (unpaired) electrons. The topological polar surface area (TPSA) is 55.4 Å². The third-order valence-electron chi connectivity index (χ3n) is 3.17. The van der Waals surface area contributed by atoms with Gasteiger partial charge in [-0.2, -0.15) is 0 Å². The Morgan fingerprint density at radius 1 is 1.31 bits per heavy atom. The minimum Gasteiger partial charge on any atom is -0.412 e. The molecule has 1 saturated carbocycles. The van der Waals surface area contributed by atoms with Crippen LogP contribution < -0.4 is 5.32 Å². The first-order valence-corrected chi connectivity index (χ1v) is 9.22. The third kappa shape index (κ3) is 2.20. The second-order valence-electron chi connectivity index (χ2n) is 5.85. The standard InChI is InChI=1S/C11H19NO3Si/c1-16(2,3)15-9-5-4-8(13)6-11(9)7-10(14)12-11/h9H,4-7H2,1-3H3,(H,12,14). The molecular formula is C11H19NO3Si. The number of ketones is 1. The van der Waals surface area contributed by atoms with Crippen LogP contribution in [0.3, 0.4) is 0 Å². The lowest BCUT2D eigenvalue weighted by molar-refractivity contribution is -0.144. The largest absolute Gasteiger partial charge is 0.412 e. The molecule has 1 amide bonds. The first kappa shape index (κ1) is 11.8. The molecule has 0 aromatic rings. The van der Waals surface area contributed by atoms with E-state index < -0.39 is 8.32 Å². The Morgan fingerprint density at radius 2 is 1.94 bits per heavy atom. The molecule has 1 aliphatic carbocycles. The average molecular weight is 241 g/mol. The van der Waals surface area contributed by atoms with Gasteiger partial charge in [-0.25, -0.2) is 0 Å². The Hall–Kier alpha value is -0.683. The number of carbonyl (C=O) groups is 2. The average Bonchev–Trinajstić information content (AvgIpc) is 2.05. The zero-order valence-corrected chi connectivity index (χ0v) is 11.1. The van der Waals surface area contributed by atoms with Gasteiger partial charge in [0.05, 0.1) is 18.1 Å². The molecule has 1 N–H and O–H groups in total. The molecule has 0 bridgehead atoms. The summed E-state index contributed by atoms with van der Waals surface area (Å²) < 4.78 is 6.10. The number of carbonyl (C=O) groups excluding carboxylic acids is 2. The van der Waals surface area contributed by atoms with Crippen LogP contribution in [0, 0.1) is 0 Å². The first-order valence-electron chi connectivity index (χ1n) is 5.81. The molecule has 5 heteroatoms. The SMILES string of the molecule is C[Si](C)(C)OC1CCC(=O)CC12CC(=O)N2. The molecule has 16 heavy (non-hydrogen) atoms. The Labute approximate surface area is 96.9 Å². The van der Waals surface area contributed by atoms with E-state index in [4.69, 9.17) is 4.43 Å². The highest BCUT2D eigenvalue weighted by Gasteiger charge is 2.53. The van der Waals surface area contributed by atoms with E-state index in [2.05, 4.69) is 25.0 Å². The van der Waals surface area contributed by atoms with E-state index in [0.29, 0.717) is 19.3 Å². The molecule has 0 aromatic heterocycles. The fraction of sp³-hybridized carbons (Fsp3) is 0.818. The zero-order chi connectivity index (χ0) is 12.0. The van der Waals surface area contributed by atoms with Crippen molar-refractivity contribution in [3.8, 4) is 0 Å². The van der Waals surface area contributed by atoms with E-state index in [-0.39, 0.29) is 23.3 Å². The number of β-lactam (4-membered cyclic amide) rings is 1. The lowest BCUT2D eigenvalue weighted by Crippen LogP contribution is -2.70. The van der Waals surface area contributed by atoms with Crippen molar-refractivity contribution >= 4 is 20.0 Å². The number of nitrogens with one attached hydrogen (secondary N) is 1. The van der Waals surface area contributed by atoms with Gasteiger partial charge in [0.2, 0.25) is 5.91 Å². The van der Waals surface area contributed by atoms with E-state index in [1.54, 1.807) is 0 Å². The minimum absolute atomic E-state index is 0.0366. The van der Waals surface area contributed by atoms with Crippen LogP contribution in [0.1, 0.15) is 25.7 Å². The predicted octanol–water partition coefficient (Wildman–Crippen LogP) is 1.22. The highest BCUT2D eigenvalue weighted by Crippen LogP contribution is 2.38. The molecule has 4 nitrogen and oxygen atoms in total. The lowest BCUT2D eigenvalue weighted by Gasteiger charge is -2.51. The Balaban J connectivity index is 2.10. The number of Topliss-reactive ketones (excluding diaryl/α,β-unsaturated/α-hetero) is 1. The van der Waals surface area contributed by atoms with Gasteiger partial charge in [-0.1, -0.05) is 0 Å². The lowest BCUT2D eigenvalue weighted by atomic mass is 9.72. The highest BCUT2D eigenvalue weighted by molar-refractivity contribution is 6.69. The normalized spacial score (nSPS) is 34.8. The van der Waals surface area contributed by atoms with E-state index in [0.717, 1.165) is 6.42 Å². The molecule has 2 atom stereocenters. The quantitative estimate of drug-likeness (QED) is 0.584. The summed E-state index contributed by atoms with van der Waals surface area (Å²) in [5.74, 6) is 0.286. The van der Waals surface area contributed by atoms with Crippen LogP contribution in [0.25, 0.3) is 0 Å². The van der Waals surface area contributed by atoms with Gasteiger partial charge in [0.25, 0.3) is 0 Å². The van der Waals surface area contributed by atoms with Crippen molar-refractivity contribution in [2.24, 2.45) is 0 Å². The van der Waals surface area contributed by atoms with Gasteiger partial charge in [0.15, 0.2) is 8.32 Å². The molecule has 2 unspecified atom stereocenters. The van der Waals surface area contributed by atoms with Crippen molar-refractivity contribution in [1.82, 2.24) is 5.32 Å². The molecule has 1 spiro atoms. The van der Waals surface area contributed by atoms with Crippen LogP contribution in [0.2, 0.25) is 19.6 Å². The molecule has 2 rings (SSSR count). The van der Waals surface area contributed by atoms with Gasteiger partial charge in [-0.3, -0.25) is 9.59 Å². The summed E-state index contributed by atoms with van der Waals surface area (Å²) in [6, 6.07) is 0. The van der Waals surface area contributed by atoms with Gasteiger partial charge in [0.1, 0.15) is 5.78 Å². The van der Waals surface area contributed by atoms with Gasteiger partial charge < -0.3 is 9.74 Å². The second-order valence-corrected chi connectivity index (χ2v) is 10.3. The van der Waals surface area contributed by atoms with E-state index in [9.17, 15) is 9.59 Å². The van der Waals surface area contributed by atoms with Crippen molar-refractivity contribution in [3.05, 3.63) is 0 Å². The monoisotopic (exact) mass is 241 g/mol. The second kappa shape index (κ2) is 3.67. The summed E-state index contributed by atoms with van der Waals surface area (Å²) >= 11 is 0. The summed E-state index contributed by atoms with van der Waals surface area (Å²) in [7, 11) is -1.62. The summed E-state index contributed by atoms with van der Waals surface area (Å²) in [6.07, 6.45) is 2.28. The molecule has 0 aromatic carbocycles. The van der Waals surface area contributed by atoms with Crippen LogP contribution in [-0.4, -0.2) is 31.7 Å². The van der Waals surface area contributed by atoms with Crippen molar-refractivity contribution in [1.29, 1.82) is 0 Å². The van der Waals surface area contributed by atoms with Crippen molar-refractivity contribution in [2.75, 3.05) is 0 Å². The Bertz CT molecular complexity index is 327. The van der Waals surface area contributed by atoms with Crippen molar-refractivity contribution < 1.29 is 14.0 Å². The van der Waals surface area contributed by atoms with Crippen LogP contribution in [0.5, 0.6) is 0 Å². The molecule has 2 aliphatic rings. The van der Waals surface area contributed by atoms with Gasteiger partial charge in [-0.05, 0) is 26.1 Å². The third-order valence-corrected chi connectivity index (χ3v) is 4.17. The fourth-order valence-corrected chi connectivity index (χ4v) is 3.76. The van der Waals surface area contributed by atoms with Gasteiger partial charge >= 0.3 is 0 Å². The molecule has 90 valence electrons.